The quantitative estimate of drug-likeness (QED) is 0.557. The van der Waals surface area contributed by atoms with Crippen LogP contribution in [0.25, 0.3) is 11.1 Å². The first-order chi connectivity index (χ1) is 12.2. The highest BCUT2D eigenvalue weighted by atomic mass is 31.2. The van der Waals surface area contributed by atoms with Crippen molar-refractivity contribution in [2.45, 2.75) is 39.8 Å². The van der Waals surface area contributed by atoms with Gasteiger partial charge in [-0.3, -0.25) is 9.36 Å². The summed E-state index contributed by atoms with van der Waals surface area (Å²) in [5, 5.41) is 2.72. The molecule has 0 saturated heterocycles. The molecule has 0 amide bonds. The number of esters is 1. The second-order valence-electron chi connectivity index (χ2n) is 6.66. The molecule has 0 radical (unpaired) electrons. The van der Waals surface area contributed by atoms with E-state index >= 15 is 0 Å². The summed E-state index contributed by atoms with van der Waals surface area (Å²) >= 11 is 0. The smallest absolute Gasteiger partial charge is 0.323 e. The van der Waals surface area contributed by atoms with Crippen LogP contribution in [0, 0.1) is 6.92 Å². The summed E-state index contributed by atoms with van der Waals surface area (Å²) in [5.74, 6) is 0.0176. The molecule has 0 aliphatic carbocycles. The van der Waals surface area contributed by atoms with E-state index in [2.05, 4.69) is 29.4 Å². The number of hydrogen-bond donors (Lipinski definition) is 1. The fraction of sp³-hybridized carbons (Fsp3) is 0.350. The standard InChI is InChI=1S/C20H26NO4P/c1-14(2)24-20(22)16(4)21-26(5,23)25-19-12-10-18(11-13-19)17-8-6-15(3)7-9-17/h6-14,16H,1-5H3,(H,21,23). The van der Waals surface area contributed by atoms with E-state index in [4.69, 9.17) is 9.26 Å². The number of carbonyl (C=O) groups excluding carboxylic acids is 1. The van der Waals surface area contributed by atoms with Gasteiger partial charge in [0.1, 0.15) is 11.8 Å². The Balaban J connectivity index is 2.01. The Hall–Kier alpha value is -2.10. The molecule has 6 heteroatoms. The maximum Gasteiger partial charge on any atom is 0.323 e. The summed E-state index contributed by atoms with van der Waals surface area (Å²) in [4.78, 5) is 11.8. The SMILES string of the molecule is Cc1ccc(-c2ccc(OP(C)(=O)NC(C)C(=O)OC(C)C)cc2)cc1. The van der Waals surface area contributed by atoms with E-state index < -0.39 is 19.5 Å². The van der Waals surface area contributed by atoms with Crippen molar-refractivity contribution in [2.75, 3.05) is 6.66 Å². The number of carbonyl (C=O) groups is 1. The summed E-state index contributed by atoms with van der Waals surface area (Å²) in [7, 11) is -3.21. The zero-order valence-corrected chi connectivity index (χ0v) is 16.7. The lowest BCUT2D eigenvalue weighted by Gasteiger charge is -2.21. The third-order valence-electron chi connectivity index (χ3n) is 3.65. The predicted octanol–water partition coefficient (Wildman–Crippen LogP) is 4.79. The van der Waals surface area contributed by atoms with Crippen molar-refractivity contribution in [2.24, 2.45) is 0 Å². The molecule has 0 aliphatic rings. The first-order valence-electron chi connectivity index (χ1n) is 8.59. The minimum Gasteiger partial charge on any atom is -0.462 e. The first kappa shape index (κ1) is 20.2. The Morgan fingerprint density at radius 1 is 0.962 bits per heavy atom. The summed E-state index contributed by atoms with van der Waals surface area (Å²) in [6.45, 7) is 8.62. The van der Waals surface area contributed by atoms with Gasteiger partial charge in [-0.05, 0) is 51.0 Å². The normalized spacial score (nSPS) is 14.5. The number of ether oxygens (including phenoxy) is 1. The molecule has 0 fully saturated rings. The maximum atomic E-state index is 12.6. The summed E-state index contributed by atoms with van der Waals surface area (Å²) < 4.78 is 23.3. The van der Waals surface area contributed by atoms with Gasteiger partial charge in [0.25, 0.3) is 0 Å². The molecule has 2 atom stereocenters. The van der Waals surface area contributed by atoms with E-state index in [0.29, 0.717) is 5.75 Å². The predicted molar refractivity (Wildman–Crippen MR) is 105 cm³/mol. The number of nitrogens with one attached hydrogen (secondary N) is 1. The molecule has 1 N–H and O–H groups in total. The van der Waals surface area contributed by atoms with Crippen LogP contribution >= 0.6 is 7.52 Å². The van der Waals surface area contributed by atoms with Gasteiger partial charge >= 0.3 is 13.5 Å². The molecule has 2 unspecified atom stereocenters. The number of rotatable bonds is 7. The largest absolute Gasteiger partial charge is 0.462 e. The van der Waals surface area contributed by atoms with Crippen molar-refractivity contribution in [1.29, 1.82) is 0 Å². The van der Waals surface area contributed by atoms with Crippen LogP contribution in [0.3, 0.4) is 0 Å². The van der Waals surface area contributed by atoms with Crippen molar-refractivity contribution in [3.63, 3.8) is 0 Å². The fourth-order valence-corrected chi connectivity index (χ4v) is 3.81. The third kappa shape index (κ3) is 6.01. The van der Waals surface area contributed by atoms with Gasteiger partial charge in [0.05, 0.1) is 6.10 Å². The molecule has 0 bridgehead atoms. The lowest BCUT2D eigenvalue weighted by Crippen LogP contribution is -2.35. The van der Waals surface area contributed by atoms with Crippen molar-refractivity contribution in [3.05, 3.63) is 54.1 Å². The van der Waals surface area contributed by atoms with Crippen LogP contribution in [0.15, 0.2) is 48.5 Å². The summed E-state index contributed by atoms with van der Waals surface area (Å²) in [6, 6.07) is 14.9. The number of hydrogen-bond acceptors (Lipinski definition) is 4. The minimum atomic E-state index is -3.21. The molecule has 0 heterocycles. The van der Waals surface area contributed by atoms with Crippen LogP contribution in [-0.2, 0) is 14.1 Å². The molecule has 0 aliphatic heterocycles. The molecule has 26 heavy (non-hydrogen) atoms. The van der Waals surface area contributed by atoms with Crippen LogP contribution in [-0.4, -0.2) is 24.8 Å². The Morgan fingerprint density at radius 2 is 1.46 bits per heavy atom. The van der Waals surface area contributed by atoms with Gasteiger partial charge in [-0.15, -0.1) is 0 Å². The summed E-state index contributed by atoms with van der Waals surface area (Å²) in [5.41, 5.74) is 3.35. The minimum absolute atomic E-state index is 0.224. The van der Waals surface area contributed by atoms with Gasteiger partial charge in [0.2, 0.25) is 0 Å². The number of benzene rings is 2. The zero-order valence-electron chi connectivity index (χ0n) is 15.9. The van der Waals surface area contributed by atoms with Crippen LogP contribution in [0.1, 0.15) is 26.3 Å². The van der Waals surface area contributed by atoms with Crippen LogP contribution < -0.4 is 9.61 Å². The highest BCUT2D eigenvalue weighted by Crippen LogP contribution is 2.40. The topological polar surface area (TPSA) is 64.6 Å². The van der Waals surface area contributed by atoms with E-state index in [9.17, 15) is 9.36 Å². The van der Waals surface area contributed by atoms with E-state index in [0.717, 1.165) is 11.1 Å². The van der Waals surface area contributed by atoms with E-state index in [-0.39, 0.29) is 6.10 Å². The van der Waals surface area contributed by atoms with Crippen molar-refractivity contribution in [3.8, 4) is 16.9 Å². The second-order valence-corrected chi connectivity index (χ2v) is 8.80. The molecule has 5 nitrogen and oxygen atoms in total. The maximum absolute atomic E-state index is 12.6. The zero-order chi connectivity index (χ0) is 19.3. The monoisotopic (exact) mass is 375 g/mol. The third-order valence-corrected chi connectivity index (χ3v) is 5.07. The van der Waals surface area contributed by atoms with Gasteiger partial charge < -0.3 is 9.26 Å². The molecule has 2 aromatic carbocycles. The van der Waals surface area contributed by atoms with Crippen LogP contribution in [0.2, 0.25) is 0 Å². The van der Waals surface area contributed by atoms with Gasteiger partial charge in [-0.25, -0.2) is 5.09 Å². The Bertz CT molecular complexity index is 784. The van der Waals surface area contributed by atoms with Gasteiger partial charge in [0, 0.05) is 6.66 Å². The average molecular weight is 375 g/mol. The van der Waals surface area contributed by atoms with E-state index in [1.165, 1.54) is 12.2 Å². The molecule has 0 saturated carbocycles. The lowest BCUT2D eigenvalue weighted by molar-refractivity contribution is -0.149. The average Bonchev–Trinajstić information content (AvgIpc) is 2.55. The molecule has 2 rings (SSSR count). The van der Waals surface area contributed by atoms with Gasteiger partial charge in [-0.1, -0.05) is 42.0 Å². The van der Waals surface area contributed by atoms with Crippen molar-refractivity contribution in [1.82, 2.24) is 5.09 Å². The fourth-order valence-electron chi connectivity index (χ4n) is 2.42. The van der Waals surface area contributed by atoms with E-state index in [1.54, 1.807) is 32.9 Å². The first-order valence-corrected chi connectivity index (χ1v) is 10.7. The van der Waals surface area contributed by atoms with Crippen LogP contribution in [0.5, 0.6) is 5.75 Å². The Labute approximate surface area is 155 Å². The number of aryl methyl sites for hydroxylation is 1. The molecular formula is C20H26NO4P. The van der Waals surface area contributed by atoms with E-state index in [1.807, 2.05) is 19.1 Å². The summed E-state index contributed by atoms with van der Waals surface area (Å²) in [6.07, 6.45) is -0.224. The lowest BCUT2D eigenvalue weighted by atomic mass is 10.0. The molecular weight excluding hydrogens is 349 g/mol. The molecule has 140 valence electrons. The second kappa shape index (κ2) is 8.52. The van der Waals surface area contributed by atoms with Crippen LogP contribution in [0.4, 0.5) is 0 Å². The van der Waals surface area contributed by atoms with Gasteiger partial charge in [-0.2, -0.15) is 0 Å². The Morgan fingerprint density at radius 3 is 1.96 bits per heavy atom. The van der Waals surface area contributed by atoms with Gasteiger partial charge in [0.15, 0.2) is 0 Å². The highest BCUT2D eigenvalue weighted by molar-refractivity contribution is 7.56. The van der Waals surface area contributed by atoms with Crippen molar-refractivity contribution < 1.29 is 18.6 Å². The molecule has 2 aromatic rings. The Kier molecular flexibility index (Phi) is 6.63. The molecule has 0 spiro atoms. The molecule has 0 aromatic heterocycles. The highest BCUT2D eigenvalue weighted by Gasteiger charge is 2.25. The van der Waals surface area contributed by atoms with Crippen molar-refractivity contribution >= 4 is 13.5 Å².